The molecule has 3 heteroatoms. The van der Waals surface area contributed by atoms with E-state index in [4.69, 9.17) is 5.73 Å². The van der Waals surface area contributed by atoms with E-state index in [0.29, 0.717) is 11.5 Å². The van der Waals surface area contributed by atoms with E-state index in [1.165, 1.54) is 5.56 Å². The summed E-state index contributed by atoms with van der Waals surface area (Å²) in [6.45, 7) is 6.48. The minimum absolute atomic E-state index is 0.00823. The Bertz CT molecular complexity index is 437. The SMILES string of the molecule is CCCC(CCC)c1c(C)cc(C(=O)N(C)C)cc1N. The summed E-state index contributed by atoms with van der Waals surface area (Å²) >= 11 is 0. The highest BCUT2D eigenvalue weighted by atomic mass is 16.2. The van der Waals surface area contributed by atoms with Crippen LogP contribution in [0, 0.1) is 6.92 Å². The first-order chi connectivity index (χ1) is 9.42. The summed E-state index contributed by atoms with van der Waals surface area (Å²) in [5.41, 5.74) is 10.1. The summed E-state index contributed by atoms with van der Waals surface area (Å²) in [5, 5.41) is 0. The molecular weight excluding hydrogens is 248 g/mol. The molecule has 2 N–H and O–H groups in total. The van der Waals surface area contributed by atoms with Crippen molar-refractivity contribution in [2.24, 2.45) is 0 Å². The topological polar surface area (TPSA) is 46.3 Å². The lowest BCUT2D eigenvalue weighted by atomic mass is 9.85. The first kappa shape index (κ1) is 16.5. The van der Waals surface area contributed by atoms with Gasteiger partial charge in [0.05, 0.1) is 0 Å². The lowest BCUT2D eigenvalue weighted by molar-refractivity contribution is 0.0827. The van der Waals surface area contributed by atoms with Gasteiger partial charge >= 0.3 is 0 Å². The number of nitrogens with zero attached hydrogens (tertiary/aromatic N) is 1. The molecule has 1 aromatic rings. The number of carbonyl (C=O) groups is 1. The van der Waals surface area contributed by atoms with Crippen molar-refractivity contribution in [1.29, 1.82) is 0 Å². The molecule has 1 aromatic carbocycles. The molecule has 0 heterocycles. The number of hydrogen-bond acceptors (Lipinski definition) is 2. The summed E-state index contributed by atoms with van der Waals surface area (Å²) in [6.07, 6.45) is 4.61. The Labute approximate surface area is 123 Å². The average Bonchev–Trinajstić information content (AvgIpc) is 2.37. The van der Waals surface area contributed by atoms with Crippen molar-refractivity contribution in [1.82, 2.24) is 4.90 Å². The molecule has 0 fully saturated rings. The van der Waals surface area contributed by atoms with Gasteiger partial charge in [0.15, 0.2) is 0 Å². The number of carbonyl (C=O) groups excluding carboxylic acids is 1. The molecule has 0 atom stereocenters. The van der Waals surface area contributed by atoms with Crippen molar-refractivity contribution < 1.29 is 4.79 Å². The fourth-order valence-corrected chi connectivity index (χ4v) is 2.89. The van der Waals surface area contributed by atoms with Gasteiger partial charge in [-0.2, -0.15) is 0 Å². The minimum atomic E-state index is 0.00823. The highest BCUT2D eigenvalue weighted by molar-refractivity contribution is 5.95. The number of aryl methyl sites for hydroxylation is 1. The van der Waals surface area contributed by atoms with Crippen molar-refractivity contribution in [2.45, 2.75) is 52.4 Å². The predicted molar refractivity (Wildman–Crippen MR) is 86.2 cm³/mol. The van der Waals surface area contributed by atoms with Gasteiger partial charge < -0.3 is 10.6 Å². The number of benzene rings is 1. The standard InChI is InChI=1S/C17H28N2O/c1-6-8-13(9-7-2)16-12(3)10-14(11-15(16)18)17(20)19(4)5/h10-11,13H,6-9,18H2,1-5H3. The molecule has 1 rings (SSSR count). The predicted octanol–water partition coefficient (Wildman–Crippen LogP) is 3.96. The van der Waals surface area contributed by atoms with Crippen LogP contribution in [0.1, 0.15) is 66.9 Å². The summed E-state index contributed by atoms with van der Waals surface area (Å²) < 4.78 is 0. The third-order valence-corrected chi connectivity index (χ3v) is 3.75. The Morgan fingerprint density at radius 1 is 1.20 bits per heavy atom. The quantitative estimate of drug-likeness (QED) is 0.799. The molecule has 0 aliphatic carbocycles. The Morgan fingerprint density at radius 2 is 1.75 bits per heavy atom. The third kappa shape index (κ3) is 3.75. The van der Waals surface area contributed by atoms with Gasteiger partial charge in [0.2, 0.25) is 0 Å². The van der Waals surface area contributed by atoms with Crippen molar-refractivity contribution >= 4 is 11.6 Å². The van der Waals surface area contributed by atoms with Crippen LogP contribution in [0.2, 0.25) is 0 Å². The summed E-state index contributed by atoms with van der Waals surface area (Å²) in [7, 11) is 3.53. The lowest BCUT2D eigenvalue weighted by Gasteiger charge is -2.22. The Kier molecular flexibility index (Phi) is 6.05. The number of nitrogens with two attached hydrogens (primary N) is 1. The maximum atomic E-state index is 12.1. The van der Waals surface area contributed by atoms with Crippen molar-refractivity contribution in [3.05, 3.63) is 28.8 Å². The molecule has 112 valence electrons. The van der Waals surface area contributed by atoms with E-state index >= 15 is 0 Å². The largest absolute Gasteiger partial charge is 0.398 e. The molecule has 0 bridgehead atoms. The van der Waals surface area contributed by atoms with E-state index < -0.39 is 0 Å². The first-order valence-corrected chi connectivity index (χ1v) is 7.53. The van der Waals surface area contributed by atoms with Crippen LogP contribution in [0.25, 0.3) is 0 Å². The van der Waals surface area contributed by atoms with Crippen molar-refractivity contribution in [3.63, 3.8) is 0 Å². The van der Waals surface area contributed by atoms with Gasteiger partial charge in [-0.15, -0.1) is 0 Å². The maximum absolute atomic E-state index is 12.1. The molecule has 0 aliphatic rings. The lowest BCUT2D eigenvalue weighted by Crippen LogP contribution is -2.22. The monoisotopic (exact) mass is 276 g/mol. The molecule has 0 aromatic heterocycles. The fourth-order valence-electron chi connectivity index (χ4n) is 2.89. The van der Waals surface area contributed by atoms with Gasteiger partial charge in [-0.05, 0) is 48.9 Å². The number of hydrogen-bond donors (Lipinski definition) is 1. The Hall–Kier alpha value is -1.51. The fraction of sp³-hybridized carbons (Fsp3) is 0.588. The van der Waals surface area contributed by atoms with E-state index in [2.05, 4.69) is 20.8 Å². The number of amides is 1. The molecule has 0 saturated heterocycles. The highest BCUT2D eigenvalue weighted by Crippen LogP contribution is 2.34. The number of nitrogen functional groups attached to an aromatic ring is 1. The van der Waals surface area contributed by atoms with Gasteiger partial charge in [-0.25, -0.2) is 0 Å². The van der Waals surface area contributed by atoms with Crippen LogP contribution >= 0.6 is 0 Å². The van der Waals surface area contributed by atoms with E-state index in [1.54, 1.807) is 19.0 Å². The molecule has 0 spiro atoms. The zero-order valence-electron chi connectivity index (χ0n) is 13.5. The van der Waals surface area contributed by atoms with Crippen molar-refractivity contribution in [3.8, 4) is 0 Å². The van der Waals surface area contributed by atoms with E-state index in [1.807, 2.05) is 12.1 Å². The summed E-state index contributed by atoms with van der Waals surface area (Å²) in [5.74, 6) is 0.516. The van der Waals surface area contributed by atoms with Crippen LogP contribution < -0.4 is 5.73 Å². The molecule has 0 unspecified atom stereocenters. The van der Waals surface area contributed by atoms with Crippen LogP contribution in [-0.2, 0) is 0 Å². The molecule has 20 heavy (non-hydrogen) atoms. The zero-order valence-corrected chi connectivity index (χ0v) is 13.5. The van der Waals surface area contributed by atoms with Gasteiger partial charge in [0.25, 0.3) is 5.91 Å². The van der Waals surface area contributed by atoms with E-state index in [0.717, 1.165) is 36.9 Å². The zero-order chi connectivity index (χ0) is 15.3. The van der Waals surface area contributed by atoms with Crippen LogP contribution in [0.4, 0.5) is 5.69 Å². The normalized spacial score (nSPS) is 10.9. The van der Waals surface area contributed by atoms with Crippen LogP contribution in [-0.4, -0.2) is 24.9 Å². The second-order valence-corrected chi connectivity index (χ2v) is 5.77. The highest BCUT2D eigenvalue weighted by Gasteiger charge is 2.18. The minimum Gasteiger partial charge on any atom is -0.398 e. The number of rotatable bonds is 6. The molecule has 3 nitrogen and oxygen atoms in total. The number of anilines is 1. The smallest absolute Gasteiger partial charge is 0.253 e. The summed E-state index contributed by atoms with van der Waals surface area (Å²) in [4.78, 5) is 13.6. The van der Waals surface area contributed by atoms with Gasteiger partial charge in [0.1, 0.15) is 0 Å². The molecule has 1 amide bonds. The maximum Gasteiger partial charge on any atom is 0.253 e. The van der Waals surface area contributed by atoms with Crippen LogP contribution in [0.3, 0.4) is 0 Å². The van der Waals surface area contributed by atoms with E-state index in [9.17, 15) is 4.79 Å². The second kappa shape index (κ2) is 7.32. The summed E-state index contributed by atoms with van der Waals surface area (Å²) in [6, 6.07) is 3.81. The van der Waals surface area contributed by atoms with Gasteiger partial charge in [-0.3, -0.25) is 4.79 Å². The molecule has 0 saturated carbocycles. The van der Waals surface area contributed by atoms with Crippen LogP contribution in [0.5, 0.6) is 0 Å². The van der Waals surface area contributed by atoms with Crippen molar-refractivity contribution in [2.75, 3.05) is 19.8 Å². The Morgan fingerprint density at radius 3 is 2.15 bits per heavy atom. The first-order valence-electron chi connectivity index (χ1n) is 7.53. The third-order valence-electron chi connectivity index (χ3n) is 3.75. The van der Waals surface area contributed by atoms with Gasteiger partial charge in [-0.1, -0.05) is 26.7 Å². The second-order valence-electron chi connectivity index (χ2n) is 5.77. The Balaban J connectivity index is 3.19. The molecule has 0 radical (unpaired) electrons. The molecular formula is C17H28N2O. The van der Waals surface area contributed by atoms with Crippen LogP contribution in [0.15, 0.2) is 12.1 Å². The molecule has 0 aliphatic heterocycles. The average molecular weight is 276 g/mol. The van der Waals surface area contributed by atoms with Gasteiger partial charge in [0, 0.05) is 25.3 Å². The van der Waals surface area contributed by atoms with E-state index in [-0.39, 0.29) is 5.91 Å².